The lowest BCUT2D eigenvalue weighted by Crippen LogP contribution is -2.52. The van der Waals surface area contributed by atoms with Crippen LogP contribution in [0.15, 0.2) is 91.0 Å². The Hall–Kier alpha value is -4.49. The van der Waals surface area contributed by atoms with E-state index in [1.165, 1.54) is 0 Å². The Labute approximate surface area is 252 Å². The van der Waals surface area contributed by atoms with Crippen LogP contribution in [0, 0.1) is 0 Å². The molecule has 1 aromatic heterocycles. The Morgan fingerprint density at radius 1 is 0.767 bits per heavy atom. The number of hydrogen-bond donors (Lipinski definition) is 0. The van der Waals surface area contributed by atoms with Crippen molar-refractivity contribution in [1.29, 1.82) is 0 Å². The molecule has 0 aliphatic carbocycles. The summed E-state index contributed by atoms with van der Waals surface area (Å²) in [5, 5.41) is 0. The van der Waals surface area contributed by atoms with E-state index in [1.807, 2.05) is 95.9 Å². The summed E-state index contributed by atoms with van der Waals surface area (Å²) in [7, 11) is 2.14. The van der Waals surface area contributed by atoms with Crippen LogP contribution in [0.5, 0.6) is 5.75 Å². The van der Waals surface area contributed by atoms with Crippen molar-refractivity contribution in [3.63, 3.8) is 0 Å². The minimum absolute atomic E-state index is 0.0218. The van der Waals surface area contributed by atoms with E-state index >= 15 is 0 Å². The van der Waals surface area contributed by atoms with Crippen LogP contribution < -0.4 is 9.64 Å². The largest absolute Gasteiger partial charge is 0.486 e. The van der Waals surface area contributed by atoms with E-state index in [1.54, 1.807) is 0 Å². The topological polar surface area (TPSA) is 66.0 Å². The van der Waals surface area contributed by atoms with Gasteiger partial charge in [-0.3, -0.25) is 9.59 Å². The lowest BCUT2D eigenvalue weighted by atomic mass is 9.82. The second kappa shape index (κ2) is 11.3. The molecule has 3 aliphatic rings. The monoisotopic (exact) mass is 572 g/mol. The van der Waals surface area contributed by atoms with Crippen LogP contribution in [0.1, 0.15) is 40.0 Å². The average Bonchev–Trinajstić information content (AvgIpc) is 3.05. The first-order chi connectivity index (χ1) is 21.0. The number of nitrogens with zero attached hydrogens (tertiary/aromatic N) is 4. The summed E-state index contributed by atoms with van der Waals surface area (Å²) in [6, 6.07) is 29.7. The predicted molar refractivity (Wildman–Crippen MR) is 169 cm³/mol. The molecule has 0 radical (unpaired) electrons. The number of pyridine rings is 1. The van der Waals surface area contributed by atoms with Gasteiger partial charge >= 0.3 is 0 Å². The number of carbonyl (C=O) groups is 2. The lowest BCUT2D eigenvalue weighted by Gasteiger charge is -2.44. The molecule has 1 spiro atoms. The van der Waals surface area contributed by atoms with Crippen molar-refractivity contribution in [3.05, 3.63) is 102 Å². The quantitative estimate of drug-likeness (QED) is 0.308. The molecule has 4 heterocycles. The smallest absolute Gasteiger partial charge is 0.254 e. The number of piperazine rings is 1. The van der Waals surface area contributed by atoms with E-state index in [0.717, 1.165) is 54.4 Å². The molecule has 0 atom stereocenters. The van der Waals surface area contributed by atoms with Crippen molar-refractivity contribution in [1.82, 2.24) is 14.8 Å². The maximum Gasteiger partial charge on any atom is 0.254 e. The first-order valence-electron chi connectivity index (χ1n) is 15.2. The summed E-state index contributed by atoms with van der Waals surface area (Å²) < 4.78 is 6.67. The molecule has 7 heteroatoms. The Morgan fingerprint density at radius 3 is 1.98 bits per heavy atom. The number of hydrogen-bond acceptors (Lipinski definition) is 6. The van der Waals surface area contributed by atoms with E-state index in [0.29, 0.717) is 49.2 Å². The summed E-state index contributed by atoms with van der Waals surface area (Å²) in [5.74, 6) is 0.785. The zero-order valence-corrected chi connectivity index (χ0v) is 24.5. The molecule has 7 nitrogen and oxygen atoms in total. The SMILES string of the molecule is CN1CCN(c2ccc3c(c2)OC2(CCN(C(=O)c4cc(-c5ccccc5)nc(-c5ccccc5)c4)CC2)CC3=O)CC1. The summed E-state index contributed by atoms with van der Waals surface area (Å²) >= 11 is 0. The van der Waals surface area contributed by atoms with Gasteiger partial charge in [0, 0.05) is 80.6 Å². The molecular weight excluding hydrogens is 536 g/mol. The summed E-state index contributed by atoms with van der Waals surface area (Å²) in [5.41, 5.74) is 5.29. The highest BCUT2D eigenvalue weighted by molar-refractivity contribution is 6.01. The van der Waals surface area contributed by atoms with Gasteiger partial charge in [-0.2, -0.15) is 0 Å². The molecule has 7 rings (SSSR count). The highest BCUT2D eigenvalue weighted by atomic mass is 16.5. The predicted octanol–water partition coefficient (Wildman–Crippen LogP) is 5.81. The third-order valence-electron chi connectivity index (χ3n) is 9.12. The van der Waals surface area contributed by atoms with Gasteiger partial charge in [0.25, 0.3) is 5.91 Å². The molecule has 3 aromatic carbocycles. The number of anilines is 1. The molecule has 0 N–H and O–H groups in total. The first kappa shape index (κ1) is 27.3. The van der Waals surface area contributed by atoms with E-state index in [-0.39, 0.29) is 11.7 Å². The number of Topliss-reactive ketones (excluding diaryl/α,β-unsaturated/α-hetero) is 1. The number of likely N-dealkylation sites (tertiary alicyclic amines) is 1. The van der Waals surface area contributed by atoms with Crippen molar-refractivity contribution in [2.24, 2.45) is 0 Å². The number of likely N-dealkylation sites (N-methyl/N-ethyl adjacent to an activating group) is 1. The molecule has 3 aliphatic heterocycles. The van der Waals surface area contributed by atoms with E-state index < -0.39 is 5.60 Å². The molecule has 0 bridgehead atoms. The number of piperidine rings is 1. The van der Waals surface area contributed by atoms with Crippen LogP contribution in [0.3, 0.4) is 0 Å². The molecular formula is C36H36N4O3. The molecule has 2 fully saturated rings. The van der Waals surface area contributed by atoms with Crippen LogP contribution in [-0.4, -0.2) is 78.4 Å². The average molecular weight is 573 g/mol. The second-order valence-electron chi connectivity index (χ2n) is 12.0. The summed E-state index contributed by atoms with van der Waals surface area (Å²) in [6.45, 7) is 5.01. The minimum Gasteiger partial charge on any atom is -0.486 e. The van der Waals surface area contributed by atoms with Crippen LogP contribution in [0.2, 0.25) is 0 Å². The zero-order chi connectivity index (χ0) is 29.4. The number of carbonyl (C=O) groups excluding carboxylic acids is 2. The van der Waals surface area contributed by atoms with E-state index in [4.69, 9.17) is 9.72 Å². The lowest BCUT2D eigenvalue weighted by molar-refractivity contribution is -0.00568. The molecule has 2 saturated heterocycles. The molecule has 0 unspecified atom stereocenters. The van der Waals surface area contributed by atoms with Crippen LogP contribution in [0.25, 0.3) is 22.5 Å². The summed E-state index contributed by atoms with van der Waals surface area (Å²) in [6.07, 6.45) is 1.58. The van der Waals surface area contributed by atoms with Gasteiger partial charge in [0.1, 0.15) is 11.4 Å². The van der Waals surface area contributed by atoms with Crippen molar-refractivity contribution >= 4 is 17.4 Å². The fraction of sp³-hybridized carbons (Fsp3) is 0.306. The van der Waals surface area contributed by atoms with Gasteiger partial charge < -0.3 is 19.4 Å². The third-order valence-corrected chi connectivity index (χ3v) is 9.12. The molecule has 0 saturated carbocycles. The minimum atomic E-state index is -0.579. The fourth-order valence-electron chi connectivity index (χ4n) is 6.49. The van der Waals surface area contributed by atoms with Crippen molar-refractivity contribution in [2.75, 3.05) is 51.2 Å². The maximum atomic E-state index is 13.9. The van der Waals surface area contributed by atoms with E-state index in [9.17, 15) is 9.59 Å². The molecule has 4 aromatic rings. The van der Waals surface area contributed by atoms with Gasteiger partial charge in [-0.25, -0.2) is 4.98 Å². The van der Waals surface area contributed by atoms with Gasteiger partial charge in [0.15, 0.2) is 5.78 Å². The second-order valence-corrected chi connectivity index (χ2v) is 12.0. The van der Waals surface area contributed by atoms with Gasteiger partial charge in [0.05, 0.1) is 23.4 Å². The Kier molecular flexibility index (Phi) is 7.19. The highest BCUT2D eigenvalue weighted by Gasteiger charge is 2.44. The number of fused-ring (bicyclic) bond motifs is 1. The highest BCUT2D eigenvalue weighted by Crippen LogP contribution is 2.41. The van der Waals surface area contributed by atoms with Crippen molar-refractivity contribution in [3.8, 4) is 28.3 Å². The Balaban J connectivity index is 1.11. The molecule has 218 valence electrons. The van der Waals surface area contributed by atoms with Crippen molar-refractivity contribution < 1.29 is 14.3 Å². The first-order valence-corrected chi connectivity index (χ1v) is 15.2. The summed E-state index contributed by atoms with van der Waals surface area (Å²) in [4.78, 5) is 38.7. The number of ether oxygens (including phenoxy) is 1. The van der Waals surface area contributed by atoms with Crippen LogP contribution in [-0.2, 0) is 0 Å². The zero-order valence-electron chi connectivity index (χ0n) is 24.5. The number of ketones is 1. The van der Waals surface area contributed by atoms with Gasteiger partial charge in [-0.05, 0) is 31.3 Å². The fourth-order valence-corrected chi connectivity index (χ4v) is 6.49. The Bertz CT molecular complexity index is 1580. The van der Waals surface area contributed by atoms with Crippen LogP contribution >= 0.6 is 0 Å². The number of rotatable bonds is 4. The standard InChI is InChI=1S/C36H36N4O3/c1-38-18-20-39(21-19-38)29-12-13-30-33(41)25-36(43-34(30)24-29)14-16-40(17-15-36)35(42)28-22-31(26-8-4-2-5-9-26)37-32(23-28)27-10-6-3-7-11-27/h2-13,22-24H,14-21,25H2,1H3. The van der Waals surface area contributed by atoms with Crippen molar-refractivity contribution in [2.45, 2.75) is 24.9 Å². The van der Waals surface area contributed by atoms with E-state index in [2.05, 4.69) is 16.8 Å². The molecule has 43 heavy (non-hydrogen) atoms. The number of amides is 1. The van der Waals surface area contributed by atoms with Gasteiger partial charge in [-0.15, -0.1) is 0 Å². The Morgan fingerprint density at radius 2 is 1.37 bits per heavy atom. The van der Waals surface area contributed by atoms with Gasteiger partial charge in [-0.1, -0.05) is 60.7 Å². The van der Waals surface area contributed by atoms with Crippen LogP contribution in [0.4, 0.5) is 5.69 Å². The maximum absolute atomic E-state index is 13.9. The number of benzene rings is 3. The molecule has 1 amide bonds. The third kappa shape index (κ3) is 5.53. The normalized spacial score (nSPS) is 18.3. The van der Waals surface area contributed by atoms with Gasteiger partial charge in [0.2, 0.25) is 0 Å². The number of aromatic nitrogens is 1.